The minimum absolute atomic E-state index is 0.0301. The Hall–Kier alpha value is -2.44. The standard InChI is InChI=1S/C10H11N5O2/c11-10(16)17-7-9-6-15(14-13-9)5-8-2-1-3-12-4-8/h1-4,6H,5,7H2,(H2,11,16). The van der Waals surface area contributed by atoms with E-state index in [1.807, 2.05) is 12.1 Å². The van der Waals surface area contributed by atoms with Crippen LogP contribution in [0.4, 0.5) is 4.79 Å². The number of aromatic nitrogens is 4. The number of primary amides is 1. The highest BCUT2D eigenvalue weighted by molar-refractivity contribution is 5.64. The molecule has 2 heterocycles. The molecule has 17 heavy (non-hydrogen) atoms. The van der Waals surface area contributed by atoms with Crippen LogP contribution < -0.4 is 5.73 Å². The number of carbonyl (C=O) groups is 1. The zero-order valence-electron chi connectivity index (χ0n) is 8.98. The second-order valence-electron chi connectivity index (χ2n) is 3.38. The van der Waals surface area contributed by atoms with Crippen LogP contribution in [-0.4, -0.2) is 26.1 Å². The third kappa shape index (κ3) is 3.26. The van der Waals surface area contributed by atoms with Gasteiger partial charge >= 0.3 is 6.09 Å². The molecule has 0 radical (unpaired) electrons. The van der Waals surface area contributed by atoms with E-state index in [-0.39, 0.29) is 6.61 Å². The summed E-state index contributed by atoms with van der Waals surface area (Å²) in [6, 6.07) is 3.79. The topological polar surface area (TPSA) is 95.9 Å². The summed E-state index contributed by atoms with van der Waals surface area (Å²) in [6.45, 7) is 0.597. The molecule has 0 aliphatic rings. The molecule has 0 bridgehead atoms. The van der Waals surface area contributed by atoms with Crippen molar-refractivity contribution in [3.8, 4) is 0 Å². The molecule has 0 aliphatic carbocycles. The summed E-state index contributed by atoms with van der Waals surface area (Å²) in [5, 5.41) is 7.74. The highest BCUT2D eigenvalue weighted by Gasteiger charge is 2.03. The minimum Gasteiger partial charge on any atom is -0.443 e. The number of rotatable bonds is 4. The highest BCUT2D eigenvalue weighted by atomic mass is 16.5. The molecule has 2 N–H and O–H groups in total. The maximum absolute atomic E-state index is 10.4. The molecule has 2 rings (SSSR count). The first-order valence-corrected chi connectivity index (χ1v) is 4.94. The SMILES string of the molecule is NC(=O)OCc1cn(Cc2cccnc2)nn1. The van der Waals surface area contributed by atoms with E-state index in [1.54, 1.807) is 23.3 Å². The lowest BCUT2D eigenvalue weighted by atomic mass is 10.3. The van der Waals surface area contributed by atoms with Gasteiger partial charge in [0.15, 0.2) is 0 Å². The van der Waals surface area contributed by atoms with Gasteiger partial charge in [-0.05, 0) is 11.6 Å². The van der Waals surface area contributed by atoms with Gasteiger partial charge in [0.1, 0.15) is 12.3 Å². The van der Waals surface area contributed by atoms with Crippen LogP contribution in [0.5, 0.6) is 0 Å². The molecule has 0 fully saturated rings. The maximum atomic E-state index is 10.4. The van der Waals surface area contributed by atoms with Crippen LogP contribution in [0.25, 0.3) is 0 Å². The van der Waals surface area contributed by atoms with Gasteiger partial charge < -0.3 is 10.5 Å². The van der Waals surface area contributed by atoms with E-state index in [9.17, 15) is 4.79 Å². The first kappa shape index (κ1) is 11.1. The van der Waals surface area contributed by atoms with Crippen molar-refractivity contribution in [3.05, 3.63) is 42.0 Å². The Labute approximate surface area is 97.2 Å². The van der Waals surface area contributed by atoms with Crippen molar-refractivity contribution in [2.45, 2.75) is 13.2 Å². The lowest BCUT2D eigenvalue weighted by Crippen LogP contribution is -2.12. The van der Waals surface area contributed by atoms with Crippen LogP contribution in [-0.2, 0) is 17.9 Å². The summed E-state index contributed by atoms with van der Waals surface area (Å²) in [5.74, 6) is 0. The third-order valence-electron chi connectivity index (χ3n) is 2.02. The number of nitrogens with two attached hydrogens (primary N) is 1. The molecular formula is C10H11N5O2. The normalized spacial score (nSPS) is 10.1. The average Bonchev–Trinajstić information content (AvgIpc) is 2.75. The number of amides is 1. The third-order valence-corrected chi connectivity index (χ3v) is 2.02. The first-order valence-electron chi connectivity index (χ1n) is 4.94. The number of hydrogen-bond acceptors (Lipinski definition) is 5. The van der Waals surface area contributed by atoms with Gasteiger partial charge in [-0.3, -0.25) is 4.98 Å². The summed E-state index contributed by atoms with van der Waals surface area (Å²) in [7, 11) is 0. The van der Waals surface area contributed by atoms with Crippen LogP contribution in [0.15, 0.2) is 30.7 Å². The zero-order chi connectivity index (χ0) is 12.1. The van der Waals surface area contributed by atoms with Crippen molar-refractivity contribution in [1.29, 1.82) is 0 Å². The number of ether oxygens (including phenoxy) is 1. The van der Waals surface area contributed by atoms with Crippen molar-refractivity contribution in [3.63, 3.8) is 0 Å². The second kappa shape index (κ2) is 5.06. The Morgan fingerprint density at radius 2 is 2.41 bits per heavy atom. The van der Waals surface area contributed by atoms with E-state index in [0.717, 1.165) is 5.56 Å². The maximum Gasteiger partial charge on any atom is 0.404 e. The van der Waals surface area contributed by atoms with Gasteiger partial charge in [-0.1, -0.05) is 11.3 Å². The van der Waals surface area contributed by atoms with Gasteiger partial charge in [0.05, 0.1) is 12.7 Å². The zero-order valence-corrected chi connectivity index (χ0v) is 8.98. The van der Waals surface area contributed by atoms with E-state index in [1.165, 1.54) is 0 Å². The predicted molar refractivity (Wildman–Crippen MR) is 57.7 cm³/mol. The summed E-state index contributed by atoms with van der Waals surface area (Å²) in [4.78, 5) is 14.4. The van der Waals surface area contributed by atoms with Crippen LogP contribution in [0, 0.1) is 0 Å². The molecule has 0 aromatic carbocycles. The van der Waals surface area contributed by atoms with Gasteiger partial charge in [-0.2, -0.15) is 0 Å². The van der Waals surface area contributed by atoms with Gasteiger partial charge in [-0.15, -0.1) is 5.10 Å². The fourth-order valence-corrected chi connectivity index (χ4v) is 1.31. The summed E-state index contributed by atoms with van der Waals surface area (Å²) in [5.41, 5.74) is 6.41. The van der Waals surface area contributed by atoms with Crippen LogP contribution >= 0.6 is 0 Å². The van der Waals surface area contributed by atoms with Gasteiger partial charge in [0, 0.05) is 12.4 Å². The molecule has 2 aromatic rings. The van der Waals surface area contributed by atoms with Crippen molar-refractivity contribution in [2.75, 3.05) is 0 Å². The Morgan fingerprint density at radius 3 is 3.12 bits per heavy atom. The fraction of sp³-hybridized carbons (Fsp3) is 0.200. The predicted octanol–water partition coefficient (Wildman–Crippen LogP) is 0.317. The Kier molecular flexibility index (Phi) is 3.29. The quantitative estimate of drug-likeness (QED) is 0.820. The smallest absolute Gasteiger partial charge is 0.404 e. The Morgan fingerprint density at radius 1 is 1.53 bits per heavy atom. The number of nitrogens with zero attached hydrogens (tertiary/aromatic N) is 4. The molecule has 0 saturated carbocycles. The van der Waals surface area contributed by atoms with E-state index in [2.05, 4.69) is 20.0 Å². The molecule has 1 amide bonds. The largest absolute Gasteiger partial charge is 0.443 e. The summed E-state index contributed by atoms with van der Waals surface area (Å²) in [6.07, 6.45) is 4.32. The van der Waals surface area contributed by atoms with Crippen LogP contribution in [0.1, 0.15) is 11.3 Å². The molecule has 0 spiro atoms. The van der Waals surface area contributed by atoms with Gasteiger partial charge in [0.25, 0.3) is 0 Å². The Bertz CT molecular complexity index is 496. The lowest BCUT2D eigenvalue weighted by molar-refractivity contribution is 0.149. The van der Waals surface area contributed by atoms with Crippen molar-refractivity contribution < 1.29 is 9.53 Å². The van der Waals surface area contributed by atoms with Crippen molar-refractivity contribution >= 4 is 6.09 Å². The fourth-order valence-electron chi connectivity index (χ4n) is 1.31. The summed E-state index contributed by atoms with van der Waals surface area (Å²) >= 11 is 0. The van der Waals surface area contributed by atoms with E-state index >= 15 is 0 Å². The average molecular weight is 233 g/mol. The molecule has 0 aliphatic heterocycles. The van der Waals surface area contributed by atoms with E-state index in [4.69, 9.17) is 5.73 Å². The van der Waals surface area contributed by atoms with Crippen LogP contribution in [0.2, 0.25) is 0 Å². The number of hydrogen-bond donors (Lipinski definition) is 1. The Balaban J connectivity index is 1.97. The molecule has 0 saturated heterocycles. The first-order chi connectivity index (χ1) is 8.24. The molecule has 7 heteroatoms. The molecular weight excluding hydrogens is 222 g/mol. The number of carbonyl (C=O) groups excluding carboxylic acids is 1. The van der Waals surface area contributed by atoms with E-state index < -0.39 is 6.09 Å². The molecule has 7 nitrogen and oxygen atoms in total. The molecule has 2 aromatic heterocycles. The minimum atomic E-state index is -0.827. The summed E-state index contributed by atoms with van der Waals surface area (Å²) < 4.78 is 6.24. The van der Waals surface area contributed by atoms with Gasteiger partial charge in [0.2, 0.25) is 0 Å². The molecule has 0 unspecified atom stereocenters. The second-order valence-corrected chi connectivity index (χ2v) is 3.38. The van der Waals surface area contributed by atoms with Gasteiger partial charge in [-0.25, -0.2) is 9.48 Å². The monoisotopic (exact) mass is 233 g/mol. The lowest BCUT2D eigenvalue weighted by Gasteiger charge is -1.99. The number of pyridine rings is 1. The van der Waals surface area contributed by atoms with Crippen molar-refractivity contribution in [2.24, 2.45) is 5.73 Å². The van der Waals surface area contributed by atoms with E-state index in [0.29, 0.717) is 12.2 Å². The van der Waals surface area contributed by atoms with Crippen LogP contribution in [0.3, 0.4) is 0 Å². The molecule has 88 valence electrons. The van der Waals surface area contributed by atoms with Crippen molar-refractivity contribution in [1.82, 2.24) is 20.0 Å². The molecule has 0 atom stereocenters. The highest BCUT2D eigenvalue weighted by Crippen LogP contribution is 2.01.